The van der Waals surface area contributed by atoms with E-state index in [1.807, 2.05) is 24.3 Å². The molecule has 13 heavy (non-hydrogen) atoms. The van der Waals surface area contributed by atoms with Gasteiger partial charge in [-0.05, 0) is 24.3 Å². The van der Waals surface area contributed by atoms with Crippen LogP contribution in [-0.2, 0) is 0 Å². The maximum Gasteiger partial charge on any atom is 2.00 e. The first-order chi connectivity index (χ1) is 4.86. The normalized spacial score (nSPS) is 6.92. The number of ether oxygens (including phenoxy) is 2. The predicted molar refractivity (Wildman–Crippen MR) is 45.3 cm³/mol. The second-order valence-corrected chi connectivity index (χ2v) is 1.88. The van der Waals surface area contributed by atoms with E-state index in [1.54, 1.807) is 14.2 Å². The second kappa shape index (κ2) is 10.2. The molecule has 5 heteroatoms. The zero-order chi connectivity index (χ0) is 7.40. The van der Waals surface area contributed by atoms with Crippen molar-refractivity contribution in [1.82, 2.24) is 0 Å². The molecule has 0 aliphatic heterocycles. The predicted octanol–water partition coefficient (Wildman–Crippen LogP) is -4.67. The minimum Gasteiger partial charge on any atom is -1.00 e. The van der Waals surface area contributed by atoms with Gasteiger partial charge in [-0.25, -0.2) is 0 Å². The van der Waals surface area contributed by atoms with Crippen molar-refractivity contribution in [3.63, 3.8) is 0 Å². The number of halogens is 2. The first-order valence-electron chi connectivity index (χ1n) is 3.05. The molecule has 0 bridgehead atoms. The fourth-order valence-corrected chi connectivity index (χ4v) is 0.712. The van der Waals surface area contributed by atoms with Gasteiger partial charge in [-0.1, -0.05) is 0 Å². The van der Waals surface area contributed by atoms with Gasteiger partial charge in [0.25, 0.3) is 0 Å². The molecular weight excluding hydrogens is 223 g/mol. The Hall–Kier alpha value is 0.166. The number of methoxy groups -OCH3 is 2. The quantitative estimate of drug-likeness (QED) is 0.478. The molecule has 0 aliphatic carbocycles. The molecule has 70 valence electrons. The summed E-state index contributed by atoms with van der Waals surface area (Å²) in [5.41, 5.74) is 0. The minimum absolute atomic E-state index is 0. The molecule has 1 aromatic carbocycles. The summed E-state index contributed by atoms with van der Waals surface area (Å²) in [7, 11) is 3.28. The standard InChI is InChI=1S/C8H10O2.2ClH.Mg/c1-9-7-3-5-8(10-2)6-4-7;;;/h3-6H,1-2H3;2*1H;/q;;;+2/p-2. The Balaban J connectivity index is -0.000000333. The molecule has 0 fully saturated rings. The van der Waals surface area contributed by atoms with Crippen LogP contribution in [0.25, 0.3) is 0 Å². The first kappa shape index (κ1) is 18.9. The van der Waals surface area contributed by atoms with Crippen LogP contribution in [0.2, 0.25) is 0 Å². The van der Waals surface area contributed by atoms with Crippen LogP contribution in [0, 0.1) is 0 Å². The van der Waals surface area contributed by atoms with Crippen molar-refractivity contribution in [2.75, 3.05) is 14.2 Å². The van der Waals surface area contributed by atoms with Gasteiger partial charge in [0, 0.05) is 0 Å². The summed E-state index contributed by atoms with van der Waals surface area (Å²) in [6.07, 6.45) is 0. The van der Waals surface area contributed by atoms with Gasteiger partial charge < -0.3 is 34.3 Å². The van der Waals surface area contributed by atoms with Crippen LogP contribution in [0.5, 0.6) is 11.5 Å². The number of hydrogen-bond donors (Lipinski definition) is 0. The molecule has 1 rings (SSSR count). The van der Waals surface area contributed by atoms with E-state index in [0.29, 0.717) is 0 Å². The molecule has 0 spiro atoms. The summed E-state index contributed by atoms with van der Waals surface area (Å²) in [5, 5.41) is 0. The molecule has 0 aromatic heterocycles. The van der Waals surface area contributed by atoms with Crippen LogP contribution in [-0.4, -0.2) is 37.3 Å². The van der Waals surface area contributed by atoms with Gasteiger partial charge in [-0.15, -0.1) is 0 Å². The topological polar surface area (TPSA) is 18.5 Å². The van der Waals surface area contributed by atoms with Gasteiger partial charge in [0.05, 0.1) is 14.2 Å². The Labute approximate surface area is 107 Å². The molecule has 0 radical (unpaired) electrons. The third kappa shape index (κ3) is 6.27. The Morgan fingerprint density at radius 3 is 1.15 bits per heavy atom. The van der Waals surface area contributed by atoms with Gasteiger partial charge in [0.1, 0.15) is 11.5 Å². The first-order valence-corrected chi connectivity index (χ1v) is 3.05. The van der Waals surface area contributed by atoms with Crippen LogP contribution in [0.3, 0.4) is 0 Å². The van der Waals surface area contributed by atoms with E-state index in [1.165, 1.54) is 0 Å². The maximum atomic E-state index is 4.96. The largest absolute Gasteiger partial charge is 2.00 e. The number of benzene rings is 1. The summed E-state index contributed by atoms with van der Waals surface area (Å²) in [6.45, 7) is 0. The molecular formula is C8H10Cl2MgO2. The Kier molecular flexibility index (Phi) is 14.9. The molecule has 1 aromatic rings. The third-order valence-corrected chi connectivity index (χ3v) is 1.30. The molecule has 0 unspecified atom stereocenters. The van der Waals surface area contributed by atoms with Crippen molar-refractivity contribution in [1.29, 1.82) is 0 Å². The SMILES string of the molecule is COc1ccc(OC)cc1.[Cl-].[Cl-].[Mg+2]. The van der Waals surface area contributed by atoms with E-state index in [4.69, 9.17) is 9.47 Å². The molecule has 0 amide bonds. The Morgan fingerprint density at radius 1 is 0.769 bits per heavy atom. The Bertz CT molecular complexity index is 181. The van der Waals surface area contributed by atoms with Gasteiger partial charge in [-0.2, -0.15) is 0 Å². The average molecular weight is 233 g/mol. The van der Waals surface area contributed by atoms with E-state index in [0.717, 1.165) is 11.5 Å². The molecule has 0 saturated carbocycles. The van der Waals surface area contributed by atoms with Crippen LogP contribution in [0.15, 0.2) is 24.3 Å². The van der Waals surface area contributed by atoms with Gasteiger partial charge in [0.2, 0.25) is 0 Å². The molecule has 0 heterocycles. The smallest absolute Gasteiger partial charge is 1.00 e. The van der Waals surface area contributed by atoms with E-state index in [-0.39, 0.29) is 47.9 Å². The third-order valence-electron chi connectivity index (χ3n) is 1.30. The summed E-state index contributed by atoms with van der Waals surface area (Å²) in [5.74, 6) is 1.70. The molecule has 2 nitrogen and oxygen atoms in total. The van der Waals surface area contributed by atoms with Crippen LogP contribution >= 0.6 is 0 Å². The zero-order valence-corrected chi connectivity index (χ0v) is 10.5. The van der Waals surface area contributed by atoms with Crippen molar-refractivity contribution in [3.8, 4) is 11.5 Å². The number of hydrogen-bond acceptors (Lipinski definition) is 2. The Morgan fingerprint density at radius 2 is 1.00 bits per heavy atom. The molecule has 0 saturated heterocycles. The fourth-order valence-electron chi connectivity index (χ4n) is 0.712. The van der Waals surface area contributed by atoms with Crippen molar-refractivity contribution in [2.24, 2.45) is 0 Å². The van der Waals surface area contributed by atoms with Crippen LogP contribution in [0.4, 0.5) is 0 Å². The van der Waals surface area contributed by atoms with Crippen LogP contribution in [0.1, 0.15) is 0 Å². The van der Waals surface area contributed by atoms with E-state index < -0.39 is 0 Å². The molecule has 0 aliphatic rings. The fraction of sp³-hybridized carbons (Fsp3) is 0.250. The van der Waals surface area contributed by atoms with E-state index in [2.05, 4.69) is 0 Å². The average Bonchev–Trinajstić information content (AvgIpc) is 2.05. The van der Waals surface area contributed by atoms with Crippen molar-refractivity contribution < 1.29 is 34.3 Å². The van der Waals surface area contributed by atoms with Gasteiger partial charge in [-0.3, -0.25) is 0 Å². The maximum absolute atomic E-state index is 4.96. The van der Waals surface area contributed by atoms with E-state index in [9.17, 15) is 0 Å². The van der Waals surface area contributed by atoms with Crippen molar-refractivity contribution in [2.45, 2.75) is 0 Å². The second-order valence-electron chi connectivity index (χ2n) is 1.88. The minimum atomic E-state index is 0. The monoisotopic (exact) mass is 232 g/mol. The van der Waals surface area contributed by atoms with Crippen molar-refractivity contribution in [3.05, 3.63) is 24.3 Å². The van der Waals surface area contributed by atoms with Gasteiger partial charge in [0.15, 0.2) is 0 Å². The summed E-state index contributed by atoms with van der Waals surface area (Å²) < 4.78 is 9.92. The van der Waals surface area contributed by atoms with Crippen molar-refractivity contribution >= 4 is 23.1 Å². The zero-order valence-electron chi connectivity index (χ0n) is 7.59. The molecule has 0 atom stereocenters. The summed E-state index contributed by atoms with van der Waals surface area (Å²) >= 11 is 0. The van der Waals surface area contributed by atoms with Crippen LogP contribution < -0.4 is 34.3 Å². The molecule has 0 N–H and O–H groups in total. The summed E-state index contributed by atoms with van der Waals surface area (Å²) in [4.78, 5) is 0. The van der Waals surface area contributed by atoms with Gasteiger partial charge >= 0.3 is 23.1 Å². The number of rotatable bonds is 2. The summed E-state index contributed by atoms with van der Waals surface area (Å²) in [6, 6.07) is 7.44. The van der Waals surface area contributed by atoms with E-state index >= 15 is 0 Å².